The van der Waals surface area contributed by atoms with Crippen LogP contribution in [0, 0.1) is 0 Å². The zero-order chi connectivity index (χ0) is 33.6. The van der Waals surface area contributed by atoms with Gasteiger partial charge in [0, 0.05) is 19.3 Å². The monoisotopic (exact) mass is 638 g/mol. The first-order chi connectivity index (χ1) is 21.6. The van der Waals surface area contributed by atoms with Gasteiger partial charge >= 0.3 is 17.9 Å². The van der Waals surface area contributed by atoms with Gasteiger partial charge in [0.15, 0.2) is 12.1 Å². The molecule has 0 bridgehead atoms. The van der Waals surface area contributed by atoms with Gasteiger partial charge in [-0.3, -0.25) is 9.59 Å². The minimum atomic E-state index is -0.878. The Labute approximate surface area is 275 Å². The molecule has 0 saturated carbocycles. The Balaban J connectivity index is 4.42. The molecule has 0 aromatic heterocycles. The summed E-state index contributed by atoms with van der Waals surface area (Å²) >= 11 is 0. The maximum atomic E-state index is 12.6. The van der Waals surface area contributed by atoms with Crippen LogP contribution >= 0.6 is 0 Å². The van der Waals surface area contributed by atoms with Crippen LogP contribution in [0.1, 0.15) is 142 Å². The van der Waals surface area contributed by atoms with E-state index in [0.29, 0.717) is 19.3 Å². The van der Waals surface area contributed by atoms with Crippen LogP contribution in [-0.4, -0.2) is 80.6 Å². The van der Waals surface area contributed by atoms with E-state index in [1.54, 1.807) is 0 Å². The Morgan fingerprint density at radius 1 is 0.689 bits per heavy atom. The van der Waals surface area contributed by atoms with Crippen LogP contribution < -0.4 is 0 Å². The van der Waals surface area contributed by atoms with Gasteiger partial charge in [0.1, 0.15) is 6.61 Å². The van der Waals surface area contributed by atoms with E-state index in [2.05, 4.69) is 38.2 Å². The predicted octanol–water partition coefficient (Wildman–Crippen LogP) is 8.57. The molecule has 0 aliphatic heterocycles. The van der Waals surface area contributed by atoms with Gasteiger partial charge in [-0.05, 0) is 38.5 Å². The number of unbranched alkanes of at least 4 members (excludes halogenated alkanes) is 13. The van der Waals surface area contributed by atoms with E-state index in [4.69, 9.17) is 14.2 Å². The Morgan fingerprint density at radius 3 is 1.82 bits per heavy atom. The molecule has 0 rings (SSSR count). The van der Waals surface area contributed by atoms with Gasteiger partial charge in [-0.1, -0.05) is 109 Å². The number of esters is 2. The maximum absolute atomic E-state index is 12.6. The molecular weight excluding hydrogens is 570 g/mol. The lowest BCUT2D eigenvalue weighted by molar-refractivity contribution is -0.887. The Kier molecular flexibility index (Phi) is 27.8. The third-order valence-electron chi connectivity index (χ3n) is 7.87. The van der Waals surface area contributed by atoms with Crippen LogP contribution in [0.25, 0.3) is 0 Å². The number of carboxylic acid groups (broad SMARTS) is 1. The molecule has 2 unspecified atom stereocenters. The molecule has 8 heteroatoms. The van der Waals surface area contributed by atoms with Crippen molar-refractivity contribution in [3.63, 3.8) is 0 Å². The first-order valence-corrected chi connectivity index (χ1v) is 17.9. The van der Waals surface area contributed by atoms with Gasteiger partial charge in [0.2, 0.25) is 0 Å². The highest BCUT2D eigenvalue weighted by Gasteiger charge is 2.31. The van der Waals surface area contributed by atoms with Crippen molar-refractivity contribution in [3.8, 4) is 0 Å². The average Bonchev–Trinajstić information content (AvgIpc) is 2.98. The summed E-state index contributed by atoms with van der Waals surface area (Å²) in [5, 5.41) is 9.55. The van der Waals surface area contributed by atoms with E-state index in [-0.39, 0.29) is 36.2 Å². The normalized spacial score (nSPS) is 13.4. The second-order valence-electron chi connectivity index (χ2n) is 13.1. The van der Waals surface area contributed by atoms with Crippen molar-refractivity contribution in [1.29, 1.82) is 0 Å². The smallest absolute Gasteiger partial charge is 0.362 e. The molecule has 0 aromatic carbocycles. The number of nitrogens with zero attached hydrogens (tertiary/aromatic N) is 1. The van der Waals surface area contributed by atoms with Gasteiger partial charge in [0.25, 0.3) is 0 Å². The van der Waals surface area contributed by atoms with Crippen LogP contribution in [0.15, 0.2) is 24.3 Å². The van der Waals surface area contributed by atoms with Crippen LogP contribution in [0.2, 0.25) is 0 Å². The second kappa shape index (κ2) is 29.2. The van der Waals surface area contributed by atoms with E-state index in [1.807, 2.05) is 21.1 Å². The zero-order valence-corrected chi connectivity index (χ0v) is 29.6. The molecule has 0 amide bonds. The summed E-state index contributed by atoms with van der Waals surface area (Å²) in [6.07, 6.45) is 28.0. The van der Waals surface area contributed by atoms with Crippen molar-refractivity contribution in [1.82, 2.24) is 0 Å². The number of carbonyl (C=O) groups is 3. The number of likely N-dealkylation sites (N-methyl/N-ethyl adjacent to an activating group) is 1. The molecule has 8 nitrogen and oxygen atoms in total. The summed E-state index contributed by atoms with van der Waals surface area (Å²) in [7, 11) is 5.50. The predicted molar refractivity (Wildman–Crippen MR) is 183 cm³/mol. The fraction of sp³-hybridized carbons (Fsp3) is 0.811. The molecule has 0 heterocycles. The van der Waals surface area contributed by atoms with Crippen molar-refractivity contribution >= 4 is 17.9 Å². The van der Waals surface area contributed by atoms with E-state index in [1.165, 1.54) is 51.4 Å². The number of aliphatic carboxylic acids is 1. The fourth-order valence-electron chi connectivity index (χ4n) is 5.07. The first kappa shape index (κ1) is 42.8. The van der Waals surface area contributed by atoms with Crippen molar-refractivity contribution < 1.29 is 38.2 Å². The average molecular weight is 639 g/mol. The van der Waals surface area contributed by atoms with Crippen LogP contribution in [0.4, 0.5) is 0 Å². The number of carbonyl (C=O) groups excluding carboxylic acids is 2. The van der Waals surface area contributed by atoms with Crippen LogP contribution in [0.5, 0.6) is 0 Å². The van der Waals surface area contributed by atoms with Crippen molar-refractivity contribution in [2.24, 2.45) is 0 Å². The number of quaternary nitrogens is 1. The quantitative estimate of drug-likeness (QED) is 0.0351. The molecule has 0 radical (unpaired) electrons. The minimum Gasteiger partial charge on any atom is -0.477 e. The highest BCUT2D eigenvalue weighted by Crippen LogP contribution is 2.13. The zero-order valence-electron chi connectivity index (χ0n) is 29.6. The summed E-state index contributed by atoms with van der Waals surface area (Å²) in [4.78, 5) is 36.5. The first-order valence-electron chi connectivity index (χ1n) is 17.9. The highest BCUT2D eigenvalue weighted by molar-refractivity contribution is 5.72. The molecule has 0 aliphatic carbocycles. The van der Waals surface area contributed by atoms with E-state index in [0.717, 1.165) is 57.8 Å². The fourth-order valence-corrected chi connectivity index (χ4v) is 5.07. The molecule has 1 N–H and O–H groups in total. The number of hydrogen-bond donors (Lipinski definition) is 1. The number of ether oxygens (including phenoxy) is 3. The summed E-state index contributed by atoms with van der Waals surface area (Å²) in [5.74, 6) is -1.49. The number of hydrogen-bond acceptors (Lipinski definition) is 6. The van der Waals surface area contributed by atoms with Gasteiger partial charge in [-0.2, -0.15) is 0 Å². The summed E-state index contributed by atoms with van der Waals surface area (Å²) in [6, 6.07) is -0.611. The Bertz CT molecular complexity index is 803. The number of allylic oxidation sites excluding steroid dienone is 4. The van der Waals surface area contributed by atoms with Crippen LogP contribution in [0.3, 0.4) is 0 Å². The van der Waals surface area contributed by atoms with Crippen LogP contribution in [-0.2, 0) is 28.6 Å². The van der Waals surface area contributed by atoms with Crippen molar-refractivity contribution in [3.05, 3.63) is 24.3 Å². The Morgan fingerprint density at radius 2 is 1.24 bits per heavy atom. The third-order valence-corrected chi connectivity index (χ3v) is 7.87. The topological polar surface area (TPSA) is 99.1 Å². The maximum Gasteiger partial charge on any atom is 0.362 e. The highest BCUT2D eigenvalue weighted by atomic mass is 16.6. The molecular formula is C37H68NO7+. The molecule has 0 saturated heterocycles. The van der Waals surface area contributed by atoms with E-state index in [9.17, 15) is 19.5 Å². The largest absolute Gasteiger partial charge is 0.477 e. The third kappa shape index (κ3) is 27.8. The van der Waals surface area contributed by atoms with E-state index >= 15 is 0 Å². The number of carboxylic acids is 1. The molecule has 0 fully saturated rings. The molecule has 262 valence electrons. The van der Waals surface area contributed by atoms with Gasteiger partial charge < -0.3 is 23.8 Å². The summed E-state index contributed by atoms with van der Waals surface area (Å²) < 4.78 is 17.1. The summed E-state index contributed by atoms with van der Waals surface area (Å²) in [6.45, 7) is 4.56. The minimum absolute atomic E-state index is 0.0522. The van der Waals surface area contributed by atoms with Gasteiger partial charge in [-0.15, -0.1) is 0 Å². The molecule has 2 atom stereocenters. The Hall–Kier alpha value is -2.19. The lowest BCUT2D eigenvalue weighted by atomic mass is 10.1. The van der Waals surface area contributed by atoms with Gasteiger partial charge in [-0.25, -0.2) is 4.79 Å². The SMILES string of the molecule is CC/C=C/C/C=C/CCCCCCCCCC(=O)OC(COCCC(C(=O)O)[N+](C)(C)C)COC(=O)CCCCCCCCC. The molecule has 0 aliphatic rings. The summed E-state index contributed by atoms with van der Waals surface area (Å²) in [5.41, 5.74) is 0. The molecule has 0 spiro atoms. The van der Waals surface area contributed by atoms with Gasteiger partial charge in [0.05, 0.1) is 34.4 Å². The lowest BCUT2D eigenvalue weighted by Gasteiger charge is -2.31. The lowest BCUT2D eigenvalue weighted by Crippen LogP contribution is -2.50. The van der Waals surface area contributed by atoms with E-state index < -0.39 is 18.1 Å². The standard InChI is InChI=1S/C37H67NO7/c1-6-8-10-12-14-15-16-17-18-19-20-22-24-26-28-36(40)45-33(31-43-30-29-34(37(41)42)38(3,4)5)32-44-35(39)27-25-23-21-13-11-9-7-2/h8,10,14-15,33-34H,6-7,9,11-13,16-32H2,1-5H3/p+1/b10-8+,15-14+. The van der Waals surface area contributed by atoms with Crippen molar-refractivity contribution in [2.45, 2.75) is 154 Å². The van der Waals surface area contributed by atoms with Crippen molar-refractivity contribution in [2.75, 3.05) is 41.0 Å². The second-order valence-corrected chi connectivity index (χ2v) is 13.1. The molecule has 0 aromatic rings. The molecule has 45 heavy (non-hydrogen) atoms. The number of rotatable bonds is 31.